The fourth-order valence-corrected chi connectivity index (χ4v) is 2.69. The average Bonchev–Trinajstić information content (AvgIpc) is 2.65. The van der Waals surface area contributed by atoms with Crippen LogP contribution in [0.1, 0.15) is 24.1 Å². The molecule has 128 valence electrons. The van der Waals surface area contributed by atoms with Crippen LogP contribution in [0, 0.1) is 6.92 Å². The number of hydrogen-bond donors (Lipinski definition) is 3. The first kappa shape index (κ1) is 16.9. The molecule has 2 aromatic carbocycles. The zero-order valence-electron chi connectivity index (χ0n) is 14.4. The summed E-state index contributed by atoms with van der Waals surface area (Å²) in [6.45, 7) is 4.72. The Kier molecular flexibility index (Phi) is 5.26. The molecule has 5 heteroatoms. The Labute approximate surface area is 147 Å². The van der Waals surface area contributed by atoms with Gasteiger partial charge in [-0.2, -0.15) is 0 Å². The topological polar surface area (TPSA) is 66.1 Å². The first-order valence-corrected chi connectivity index (χ1v) is 8.37. The van der Waals surface area contributed by atoms with Gasteiger partial charge in [0.2, 0.25) is 0 Å². The van der Waals surface area contributed by atoms with Gasteiger partial charge in [-0.3, -0.25) is 20.6 Å². The first-order chi connectivity index (χ1) is 12.2. The SMILES string of the molecule is CCN[C@@H](C(=O)NNc1ccc2cnccc2c1)c1ccc(C)cc1. The van der Waals surface area contributed by atoms with E-state index in [0.717, 1.165) is 22.0 Å². The molecule has 0 saturated heterocycles. The van der Waals surface area contributed by atoms with Crippen LogP contribution in [0.4, 0.5) is 5.69 Å². The quantitative estimate of drug-likeness (QED) is 0.605. The van der Waals surface area contributed by atoms with Crippen LogP contribution in [0.5, 0.6) is 0 Å². The van der Waals surface area contributed by atoms with Gasteiger partial charge in [-0.25, -0.2) is 0 Å². The minimum absolute atomic E-state index is 0.125. The molecule has 0 aliphatic heterocycles. The minimum atomic E-state index is -0.400. The van der Waals surface area contributed by atoms with Crippen molar-refractivity contribution in [3.8, 4) is 0 Å². The zero-order chi connectivity index (χ0) is 17.6. The monoisotopic (exact) mass is 334 g/mol. The lowest BCUT2D eigenvalue weighted by molar-refractivity contribution is -0.122. The number of carbonyl (C=O) groups excluding carboxylic acids is 1. The van der Waals surface area contributed by atoms with E-state index in [1.165, 1.54) is 5.56 Å². The Hall–Kier alpha value is -2.92. The Morgan fingerprint density at radius 3 is 2.64 bits per heavy atom. The molecule has 1 heterocycles. The molecule has 0 saturated carbocycles. The van der Waals surface area contributed by atoms with Gasteiger partial charge in [0.05, 0.1) is 5.69 Å². The van der Waals surface area contributed by atoms with Crippen LogP contribution in [0.25, 0.3) is 10.8 Å². The number of pyridine rings is 1. The maximum Gasteiger partial charge on any atom is 0.260 e. The third kappa shape index (κ3) is 4.14. The second-order valence-electron chi connectivity index (χ2n) is 5.95. The molecule has 0 aliphatic rings. The van der Waals surface area contributed by atoms with Crippen LogP contribution in [0.2, 0.25) is 0 Å². The number of fused-ring (bicyclic) bond motifs is 1. The predicted octanol–water partition coefficient (Wildman–Crippen LogP) is 3.34. The molecule has 0 fully saturated rings. The highest BCUT2D eigenvalue weighted by atomic mass is 16.2. The van der Waals surface area contributed by atoms with E-state index >= 15 is 0 Å². The lowest BCUT2D eigenvalue weighted by atomic mass is 10.0. The molecule has 0 aliphatic carbocycles. The molecule has 0 spiro atoms. The third-order valence-electron chi connectivity index (χ3n) is 4.05. The van der Waals surface area contributed by atoms with Crippen LogP contribution in [-0.2, 0) is 4.79 Å². The van der Waals surface area contributed by atoms with E-state index in [0.29, 0.717) is 6.54 Å². The fraction of sp³-hybridized carbons (Fsp3) is 0.200. The van der Waals surface area contributed by atoms with Gasteiger partial charge in [0.25, 0.3) is 5.91 Å². The summed E-state index contributed by atoms with van der Waals surface area (Å²) in [6.07, 6.45) is 3.57. The summed E-state index contributed by atoms with van der Waals surface area (Å²) in [5.41, 5.74) is 8.73. The smallest absolute Gasteiger partial charge is 0.260 e. The van der Waals surface area contributed by atoms with Crippen LogP contribution in [-0.4, -0.2) is 17.4 Å². The standard InChI is InChI=1S/C20H22N4O/c1-3-22-19(15-6-4-14(2)5-7-15)20(25)24-23-18-9-8-17-13-21-11-10-16(17)12-18/h4-13,19,22-23H,3H2,1-2H3,(H,24,25)/t19-/m1/s1. The number of hydrazine groups is 1. The molecule has 25 heavy (non-hydrogen) atoms. The molecule has 3 aromatic rings. The van der Waals surface area contributed by atoms with Gasteiger partial charge in [-0.05, 0) is 42.6 Å². The molecule has 0 unspecified atom stereocenters. The lowest BCUT2D eigenvalue weighted by Gasteiger charge is -2.19. The summed E-state index contributed by atoms with van der Waals surface area (Å²) in [7, 11) is 0. The van der Waals surface area contributed by atoms with Gasteiger partial charge in [-0.15, -0.1) is 0 Å². The van der Waals surface area contributed by atoms with E-state index in [4.69, 9.17) is 0 Å². The number of aryl methyl sites for hydroxylation is 1. The van der Waals surface area contributed by atoms with Crippen LogP contribution < -0.4 is 16.2 Å². The van der Waals surface area contributed by atoms with Crippen LogP contribution >= 0.6 is 0 Å². The lowest BCUT2D eigenvalue weighted by Crippen LogP contribution is -2.40. The number of rotatable bonds is 6. The van der Waals surface area contributed by atoms with Crippen molar-refractivity contribution in [2.45, 2.75) is 19.9 Å². The Morgan fingerprint density at radius 1 is 1.08 bits per heavy atom. The molecule has 0 radical (unpaired) electrons. The van der Waals surface area contributed by atoms with E-state index in [2.05, 4.69) is 21.2 Å². The van der Waals surface area contributed by atoms with Crippen molar-refractivity contribution in [2.75, 3.05) is 12.0 Å². The van der Waals surface area contributed by atoms with Crippen molar-refractivity contribution >= 4 is 22.4 Å². The van der Waals surface area contributed by atoms with Crippen molar-refractivity contribution in [2.24, 2.45) is 0 Å². The van der Waals surface area contributed by atoms with Gasteiger partial charge in [0, 0.05) is 17.8 Å². The molecular formula is C20H22N4O. The molecule has 3 N–H and O–H groups in total. The van der Waals surface area contributed by atoms with Gasteiger partial charge >= 0.3 is 0 Å². The van der Waals surface area contributed by atoms with Gasteiger partial charge in [0.1, 0.15) is 6.04 Å². The number of carbonyl (C=O) groups is 1. The molecule has 1 aromatic heterocycles. The summed E-state index contributed by atoms with van der Waals surface area (Å²) in [5, 5.41) is 5.35. The van der Waals surface area contributed by atoms with E-state index in [1.807, 2.05) is 68.6 Å². The van der Waals surface area contributed by atoms with Crippen molar-refractivity contribution in [1.82, 2.24) is 15.7 Å². The summed E-state index contributed by atoms with van der Waals surface area (Å²) >= 11 is 0. The normalized spacial score (nSPS) is 11.9. The predicted molar refractivity (Wildman–Crippen MR) is 101 cm³/mol. The maximum absolute atomic E-state index is 12.6. The maximum atomic E-state index is 12.6. The number of anilines is 1. The van der Waals surface area contributed by atoms with Gasteiger partial charge < -0.3 is 5.32 Å². The first-order valence-electron chi connectivity index (χ1n) is 8.37. The number of amides is 1. The molecule has 0 bridgehead atoms. The van der Waals surface area contributed by atoms with Crippen molar-refractivity contribution in [3.63, 3.8) is 0 Å². The number of likely N-dealkylation sites (N-methyl/N-ethyl adjacent to an activating group) is 1. The number of nitrogens with one attached hydrogen (secondary N) is 3. The van der Waals surface area contributed by atoms with Crippen molar-refractivity contribution in [3.05, 3.63) is 72.1 Å². The van der Waals surface area contributed by atoms with E-state index in [9.17, 15) is 4.79 Å². The second kappa shape index (κ2) is 7.77. The average molecular weight is 334 g/mol. The Balaban J connectivity index is 1.70. The number of hydrogen-bond acceptors (Lipinski definition) is 4. The van der Waals surface area contributed by atoms with Crippen LogP contribution in [0.3, 0.4) is 0 Å². The minimum Gasteiger partial charge on any atom is -0.302 e. The number of benzene rings is 2. The summed E-state index contributed by atoms with van der Waals surface area (Å²) < 4.78 is 0. The Bertz CT molecular complexity index is 861. The largest absolute Gasteiger partial charge is 0.302 e. The zero-order valence-corrected chi connectivity index (χ0v) is 14.4. The van der Waals surface area contributed by atoms with Crippen molar-refractivity contribution < 1.29 is 4.79 Å². The van der Waals surface area contributed by atoms with E-state index < -0.39 is 6.04 Å². The van der Waals surface area contributed by atoms with Gasteiger partial charge in [0.15, 0.2) is 0 Å². The highest BCUT2D eigenvalue weighted by molar-refractivity contribution is 5.87. The van der Waals surface area contributed by atoms with Gasteiger partial charge in [-0.1, -0.05) is 42.8 Å². The summed E-state index contributed by atoms with van der Waals surface area (Å²) in [4.78, 5) is 16.7. The number of aromatic nitrogens is 1. The third-order valence-corrected chi connectivity index (χ3v) is 4.05. The number of nitrogens with zero attached hydrogens (tertiary/aromatic N) is 1. The molecular weight excluding hydrogens is 312 g/mol. The highest BCUT2D eigenvalue weighted by Gasteiger charge is 2.19. The molecule has 1 atom stereocenters. The summed E-state index contributed by atoms with van der Waals surface area (Å²) in [6, 6.07) is 15.4. The second-order valence-corrected chi connectivity index (χ2v) is 5.95. The van der Waals surface area contributed by atoms with Crippen molar-refractivity contribution in [1.29, 1.82) is 0 Å². The van der Waals surface area contributed by atoms with Crippen LogP contribution in [0.15, 0.2) is 60.9 Å². The van der Waals surface area contributed by atoms with E-state index in [-0.39, 0.29) is 5.91 Å². The highest BCUT2D eigenvalue weighted by Crippen LogP contribution is 2.18. The van der Waals surface area contributed by atoms with E-state index in [1.54, 1.807) is 6.20 Å². The Morgan fingerprint density at radius 2 is 1.88 bits per heavy atom. The molecule has 1 amide bonds. The molecule has 3 rings (SSSR count). The molecule has 5 nitrogen and oxygen atoms in total. The fourth-order valence-electron chi connectivity index (χ4n) is 2.69. The summed E-state index contributed by atoms with van der Waals surface area (Å²) in [5.74, 6) is -0.125.